The minimum absolute atomic E-state index is 0.114. The average molecular weight is 347 g/mol. The second-order valence-corrected chi connectivity index (χ2v) is 8.06. The quantitative estimate of drug-likeness (QED) is 0.430. The number of carbonyl (C=O) groups excluding carboxylic acids is 1. The van der Waals surface area contributed by atoms with Gasteiger partial charge in [-0.2, -0.15) is 0 Å². The molecule has 1 fully saturated rings. The standard InChI is InChI=1S/C22H25N3O/c1-22(2)14-16-11-19(23-3)20(24-4)12-17(16)18(25-22)13-21(26)15-9-7-5-6-8-10-15/h11-13,15,25H,5-10,14H2,1-2H3/b18-13-. The van der Waals surface area contributed by atoms with E-state index in [0.717, 1.165) is 48.9 Å². The summed E-state index contributed by atoms with van der Waals surface area (Å²) < 4.78 is 0. The summed E-state index contributed by atoms with van der Waals surface area (Å²) in [6.45, 7) is 18.9. The molecule has 1 aromatic rings. The molecule has 0 unspecified atom stereocenters. The van der Waals surface area contributed by atoms with Crippen LogP contribution in [-0.2, 0) is 11.2 Å². The molecule has 2 aliphatic rings. The molecule has 0 saturated heterocycles. The summed E-state index contributed by atoms with van der Waals surface area (Å²) in [4.78, 5) is 19.9. The van der Waals surface area contributed by atoms with Gasteiger partial charge < -0.3 is 5.32 Å². The van der Waals surface area contributed by atoms with Crippen LogP contribution in [0.1, 0.15) is 63.5 Å². The third kappa shape index (κ3) is 3.81. The van der Waals surface area contributed by atoms with Crippen LogP contribution >= 0.6 is 0 Å². The van der Waals surface area contributed by atoms with Gasteiger partial charge in [-0.3, -0.25) is 14.5 Å². The molecule has 1 saturated carbocycles. The van der Waals surface area contributed by atoms with Crippen molar-refractivity contribution in [3.8, 4) is 0 Å². The molecule has 3 rings (SSSR count). The summed E-state index contributed by atoms with van der Waals surface area (Å²) >= 11 is 0. The Balaban J connectivity index is 2.01. The lowest BCUT2D eigenvalue weighted by molar-refractivity contribution is -0.118. The van der Waals surface area contributed by atoms with E-state index in [4.69, 9.17) is 13.1 Å². The largest absolute Gasteiger partial charge is 0.379 e. The van der Waals surface area contributed by atoms with E-state index in [1.54, 1.807) is 12.1 Å². The maximum absolute atomic E-state index is 12.9. The van der Waals surface area contributed by atoms with Gasteiger partial charge in [0.15, 0.2) is 17.2 Å². The molecule has 0 atom stereocenters. The maximum Gasteiger partial charge on any atom is 0.195 e. The van der Waals surface area contributed by atoms with Crippen LogP contribution in [0.15, 0.2) is 18.2 Å². The van der Waals surface area contributed by atoms with E-state index >= 15 is 0 Å². The number of nitrogens with one attached hydrogen (secondary N) is 1. The number of hydrogen-bond acceptors (Lipinski definition) is 2. The average Bonchev–Trinajstić information content (AvgIpc) is 2.89. The van der Waals surface area contributed by atoms with Crippen molar-refractivity contribution in [1.29, 1.82) is 0 Å². The Morgan fingerprint density at radius 3 is 2.35 bits per heavy atom. The first kappa shape index (κ1) is 18.2. The van der Waals surface area contributed by atoms with Crippen molar-refractivity contribution in [3.05, 3.63) is 52.2 Å². The summed E-state index contributed by atoms with van der Waals surface area (Å²) in [6.07, 6.45) is 9.17. The van der Waals surface area contributed by atoms with Gasteiger partial charge in [-0.15, -0.1) is 0 Å². The number of rotatable bonds is 2. The number of fused-ring (bicyclic) bond motifs is 1. The Kier molecular flexibility index (Phi) is 5.14. The zero-order valence-corrected chi connectivity index (χ0v) is 15.6. The third-order valence-electron chi connectivity index (χ3n) is 5.38. The topological polar surface area (TPSA) is 37.8 Å². The summed E-state index contributed by atoms with van der Waals surface area (Å²) in [5, 5.41) is 3.48. The van der Waals surface area contributed by atoms with E-state index in [2.05, 4.69) is 28.9 Å². The highest BCUT2D eigenvalue weighted by molar-refractivity contribution is 5.99. The predicted molar refractivity (Wildman–Crippen MR) is 104 cm³/mol. The van der Waals surface area contributed by atoms with Crippen LogP contribution in [-0.4, -0.2) is 11.3 Å². The van der Waals surface area contributed by atoms with Crippen LogP contribution < -0.4 is 5.32 Å². The molecular formula is C22H25N3O. The summed E-state index contributed by atoms with van der Waals surface area (Å²) in [6, 6.07) is 3.59. The highest BCUT2D eigenvalue weighted by Crippen LogP contribution is 2.38. The van der Waals surface area contributed by atoms with Crippen molar-refractivity contribution in [2.75, 3.05) is 0 Å². The van der Waals surface area contributed by atoms with Gasteiger partial charge >= 0.3 is 0 Å². The molecule has 0 amide bonds. The molecule has 4 heteroatoms. The number of ketones is 1. The van der Waals surface area contributed by atoms with Crippen molar-refractivity contribution in [1.82, 2.24) is 5.32 Å². The number of hydrogen-bond donors (Lipinski definition) is 1. The Hall–Kier alpha value is -2.59. The first-order chi connectivity index (χ1) is 12.4. The molecule has 1 heterocycles. The molecule has 1 aromatic carbocycles. The number of nitrogens with zero attached hydrogens (tertiary/aromatic N) is 2. The highest BCUT2D eigenvalue weighted by Gasteiger charge is 2.30. The van der Waals surface area contributed by atoms with Crippen molar-refractivity contribution >= 4 is 22.9 Å². The smallest absolute Gasteiger partial charge is 0.195 e. The second kappa shape index (κ2) is 7.34. The maximum atomic E-state index is 12.9. The lowest BCUT2D eigenvalue weighted by Gasteiger charge is -2.36. The van der Waals surface area contributed by atoms with Crippen LogP contribution in [0.5, 0.6) is 0 Å². The molecule has 1 aliphatic heterocycles. The van der Waals surface area contributed by atoms with Gasteiger partial charge in [0.1, 0.15) is 0 Å². The lowest BCUT2D eigenvalue weighted by atomic mass is 9.84. The molecule has 0 spiro atoms. The van der Waals surface area contributed by atoms with Crippen LogP contribution in [0.2, 0.25) is 0 Å². The fraction of sp³-hybridized carbons (Fsp3) is 0.500. The number of benzene rings is 1. The van der Waals surface area contributed by atoms with E-state index in [1.165, 1.54) is 12.8 Å². The molecule has 0 aromatic heterocycles. The van der Waals surface area contributed by atoms with Gasteiger partial charge in [-0.25, -0.2) is 0 Å². The third-order valence-corrected chi connectivity index (χ3v) is 5.38. The predicted octanol–water partition coefficient (Wildman–Crippen LogP) is 5.59. The molecule has 134 valence electrons. The number of carbonyl (C=O) groups is 1. The molecular weight excluding hydrogens is 322 g/mol. The lowest BCUT2D eigenvalue weighted by Crippen LogP contribution is -2.44. The molecule has 0 radical (unpaired) electrons. The molecule has 1 aliphatic carbocycles. The van der Waals surface area contributed by atoms with E-state index < -0.39 is 0 Å². The van der Waals surface area contributed by atoms with Crippen LogP contribution in [0.4, 0.5) is 11.4 Å². The van der Waals surface area contributed by atoms with Crippen molar-refractivity contribution < 1.29 is 4.79 Å². The van der Waals surface area contributed by atoms with Gasteiger partial charge in [0.25, 0.3) is 0 Å². The fourth-order valence-corrected chi connectivity index (χ4v) is 4.09. The SMILES string of the molecule is [C-]#[N+]c1cc2c(cc1[N+]#[C-])/C(=C/C(=O)C1CCCCCC1)NC(C)(C)C2. The zero-order chi connectivity index (χ0) is 18.7. The highest BCUT2D eigenvalue weighted by atomic mass is 16.1. The van der Waals surface area contributed by atoms with E-state index in [0.29, 0.717) is 11.4 Å². The van der Waals surface area contributed by atoms with Gasteiger partial charge in [0.05, 0.1) is 13.1 Å². The van der Waals surface area contributed by atoms with E-state index in [9.17, 15) is 4.79 Å². The minimum Gasteiger partial charge on any atom is -0.379 e. The van der Waals surface area contributed by atoms with E-state index in [-0.39, 0.29) is 17.2 Å². The van der Waals surface area contributed by atoms with Gasteiger partial charge in [0, 0.05) is 23.2 Å². The Labute approximate surface area is 155 Å². The van der Waals surface area contributed by atoms with Crippen LogP contribution in [0, 0.1) is 19.1 Å². The minimum atomic E-state index is -0.193. The monoisotopic (exact) mass is 347 g/mol. The normalized spacial score (nSPS) is 21.0. The molecule has 0 bridgehead atoms. The van der Waals surface area contributed by atoms with Crippen molar-refractivity contribution in [2.45, 2.75) is 64.3 Å². The summed E-state index contributed by atoms with van der Waals surface area (Å²) in [5.41, 5.74) is 3.28. The van der Waals surface area contributed by atoms with Gasteiger partial charge in [0.2, 0.25) is 0 Å². The molecule has 1 N–H and O–H groups in total. The van der Waals surface area contributed by atoms with Crippen molar-refractivity contribution in [2.24, 2.45) is 5.92 Å². The Morgan fingerprint density at radius 2 is 1.73 bits per heavy atom. The summed E-state index contributed by atoms with van der Waals surface area (Å²) in [7, 11) is 0. The zero-order valence-electron chi connectivity index (χ0n) is 15.6. The first-order valence-corrected chi connectivity index (χ1v) is 9.39. The Morgan fingerprint density at radius 1 is 1.12 bits per heavy atom. The first-order valence-electron chi connectivity index (χ1n) is 9.39. The van der Waals surface area contributed by atoms with E-state index in [1.807, 2.05) is 6.07 Å². The van der Waals surface area contributed by atoms with Crippen LogP contribution in [0.25, 0.3) is 15.4 Å². The summed E-state index contributed by atoms with van der Waals surface area (Å²) in [5.74, 6) is 0.305. The number of allylic oxidation sites excluding steroid dienone is 1. The molecule has 4 nitrogen and oxygen atoms in total. The van der Waals surface area contributed by atoms with Crippen LogP contribution in [0.3, 0.4) is 0 Å². The molecule has 26 heavy (non-hydrogen) atoms. The van der Waals surface area contributed by atoms with Crippen molar-refractivity contribution in [3.63, 3.8) is 0 Å². The van der Waals surface area contributed by atoms with Gasteiger partial charge in [-0.05, 0) is 44.2 Å². The second-order valence-electron chi connectivity index (χ2n) is 8.06. The fourth-order valence-electron chi connectivity index (χ4n) is 4.09. The van der Waals surface area contributed by atoms with Gasteiger partial charge in [-0.1, -0.05) is 37.8 Å². The Bertz CT molecular complexity index is 828.